The monoisotopic (exact) mass is 494 g/mol. The summed E-state index contributed by atoms with van der Waals surface area (Å²) >= 11 is 0. The fraction of sp³-hybridized carbons (Fsp3) is 0.357. The molecule has 192 valence electrons. The van der Waals surface area contributed by atoms with Crippen LogP contribution in [0.1, 0.15) is 62.7 Å². The molecule has 2 rings (SSSR count). The molecule has 0 saturated heterocycles. The highest BCUT2D eigenvalue weighted by molar-refractivity contribution is 5.93. The number of benzene rings is 2. The summed E-state index contributed by atoms with van der Waals surface area (Å²) in [5.74, 6) is -2.63. The third kappa shape index (κ3) is 10.5. The molecule has 36 heavy (non-hydrogen) atoms. The van der Waals surface area contributed by atoms with Gasteiger partial charge < -0.3 is 20.1 Å². The van der Waals surface area contributed by atoms with Crippen LogP contribution in [0, 0.1) is 0 Å². The minimum absolute atomic E-state index is 0.183. The van der Waals surface area contributed by atoms with E-state index in [1.54, 1.807) is 0 Å². The van der Waals surface area contributed by atoms with Crippen molar-refractivity contribution < 1.29 is 28.7 Å². The summed E-state index contributed by atoms with van der Waals surface area (Å²) in [6.45, 7) is 3.07. The standard InChI is InChI=1S/C28H34N2O6/c1-3-11-23(21-13-7-5-8-14-21)29-25(31)19-35-27(33)17-18-28(34)36-20-26(32)30-24(12-4-2)22-15-9-6-10-16-22/h5-10,13-18,23-24H,3-4,11-12,19-20H2,1-2H3,(H,29,31)(H,30,32)/b18-17+. The third-order valence-electron chi connectivity index (χ3n) is 5.28. The van der Waals surface area contributed by atoms with Gasteiger partial charge in [0.15, 0.2) is 13.2 Å². The van der Waals surface area contributed by atoms with E-state index in [-0.39, 0.29) is 12.1 Å². The molecule has 2 aromatic carbocycles. The number of carbonyl (C=O) groups is 4. The van der Waals surface area contributed by atoms with Gasteiger partial charge in [0.1, 0.15) is 0 Å². The fourth-order valence-electron chi connectivity index (χ4n) is 3.57. The Labute approximate surface area is 212 Å². The van der Waals surface area contributed by atoms with Crippen LogP contribution in [0.15, 0.2) is 72.8 Å². The summed E-state index contributed by atoms with van der Waals surface area (Å²) in [6, 6.07) is 18.7. The molecule has 2 unspecified atom stereocenters. The van der Waals surface area contributed by atoms with E-state index in [0.29, 0.717) is 0 Å². The summed E-state index contributed by atoms with van der Waals surface area (Å²) in [6.07, 6.45) is 4.94. The Morgan fingerprint density at radius 3 is 1.36 bits per heavy atom. The average molecular weight is 495 g/mol. The van der Waals surface area contributed by atoms with Gasteiger partial charge >= 0.3 is 11.9 Å². The molecule has 2 atom stereocenters. The van der Waals surface area contributed by atoms with Crippen molar-refractivity contribution in [2.24, 2.45) is 0 Å². The van der Waals surface area contributed by atoms with Gasteiger partial charge in [0, 0.05) is 12.2 Å². The molecule has 0 aliphatic rings. The lowest BCUT2D eigenvalue weighted by Gasteiger charge is -2.18. The molecule has 8 nitrogen and oxygen atoms in total. The Morgan fingerprint density at radius 1 is 0.667 bits per heavy atom. The van der Waals surface area contributed by atoms with Crippen LogP contribution in [0.5, 0.6) is 0 Å². The molecule has 0 heterocycles. The van der Waals surface area contributed by atoms with Crippen LogP contribution >= 0.6 is 0 Å². The molecule has 2 aromatic rings. The normalized spacial score (nSPS) is 12.4. The quantitative estimate of drug-likeness (QED) is 0.304. The maximum atomic E-state index is 12.2. The van der Waals surface area contributed by atoms with Crippen molar-refractivity contribution in [3.63, 3.8) is 0 Å². The molecule has 0 fully saturated rings. The smallest absolute Gasteiger partial charge is 0.331 e. The van der Waals surface area contributed by atoms with Gasteiger partial charge in [-0.25, -0.2) is 9.59 Å². The molecule has 2 amide bonds. The molecule has 0 spiro atoms. The fourth-order valence-corrected chi connectivity index (χ4v) is 3.57. The third-order valence-corrected chi connectivity index (χ3v) is 5.28. The highest BCUT2D eigenvalue weighted by atomic mass is 16.5. The number of rotatable bonds is 14. The molecule has 0 aromatic heterocycles. The minimum Gasteiger partial charge on any atom is -0.452 e. The maximum absolute atomic E-state index is 12.2. The highest BCUT2D eigenvalue weighted by Gasteiger charge is 2.16. The van der Waals surface area contributed by atoms with Crippen molar-refractivity contribution in [2.45, 2.75) is 51.6 Å². The van der Waals surface area contributed by atoms with Crippen LogP contribution in [-0.4, -0.2) is 37.0 Å². The SMILES string of the molecule is CCCC(NC(=O)COC(=O)/C=C/C(=O)OCC(=O)NC(CCC)c1ccccc1)c1ccccc1. The zero-order valence-electron chi connectivity index (χ0n) is 20.8. The van der Waals surface area contributed by atoms with Crippen molar-refractivity contribution in [1.82, 2.24) is 10.6 Å². The lowest BCUT2D eigenvalue weighted by Crippen LogP contribution is -2.32. The minimum atomic E-state index is -0.870. The van der Waals surface area contributed by atoms with Gasteiger partial charge in [0.25, 0.3) is 11.8 Å². The Kier molecular flexibility index (Phi) is 12.5. The van der Waals surface area contributed by atoms with Crippen molar-refractivity contribution in [3.8, 4) is 0 Å². The van der Waals surface area contributed by atoms with Crippen LogP contribution < -0.4 is 10.6 Å². The first kappa shape index (κ1) is 28.3. The predicted octanol–water partition coefficient (Wildman–Crippen LogP) is 3.94. The van der Waals surface area contributed by atoms with E-state index in [1.807, 2.05) is 74.5 Å². The van der Waals surface area contributed by atoms with E-state index >= 15 is 0 Å². The van der Waals surface area contributed by atoms with Crippen molar-refractivity contribution >= 4 is 23.8 Å². The van der Waals surface area contributed by atoms with Gasteiger partial charge in [-0.3, -0.25) is 9.59 Å². The van der Waals surface area contributed by atoms with Gasteiger partial charge in [-0.1, -0.05) is 87.4 Å². The number of esters is 2. The molecule has 0 aliphatic heterocycles. The van der Waals surface area contributed by atoms with E-state index in [0.717, 1.165) is 49.0 Å². The second-order valence-electron chi connectivity index (χ2n) is 8.19. The van der Waals surface area contributed by atoms with Crippen LogP contribution in [0.4, 0.5) is 0 Å². The first-order valence-corrected chi connectivity index (χ1v) is 12.1. The zero-order valence-corrected chi connectivity index (χ0v) is 20.8. The van der Waals surface area contributed by atoms with Gasteiger partial charge in [0.2, 0.25) is 0 Å². The molecule has 0 aliphatic carbocycles. The van der Waals surface area contributed by atoms with Gasteiger partial charge in [-0.15, -0.1) is 0 Å². The van der Waals surface area contributed by atoms with Crippen molar-refractivity contribution in [2.75, 3.05) is 13.2 Å². The van der Waals surface area contributed by atoms with E-state index in [1.165, 1.54) is 0 Å². The maximum Gasteiger partial charge on any atom is 0.331 e. The van der Waals surface area contributed by atoms with E-state index in [4.69, 9.17) is 9.47 Å². The predicted molar refractivity (Wildman–Crippen MR) is 136 cm³/mol. The number of amides is 2. The van der Waals surface area contributed by atoms with E-state index in [9.17, 15) is 19.2 Å². The van der Waals surface area contributed by atoms with E-state index in [2.05, 4.69) is 10.6 Å². The Morgan fingerprint density at radius 2 is 1.03 bits per heavy atom. The van der Waals surface area contributed by atoms with Crippen LogP contribution in [0.3, 0.4) is 0 Å². The number of carbonyl (C=O) groups excluding carboxylic acids is 4. The summed E-state index contributed by atoms with van der Waals surface area (Å²) in [5, 5.41) is 5.69. The second kappa shape index (κ2) is 15.9. The summed E-state index contributed by atoms with van der Waals surface area (Å²) in [4.78, 5) is 48.2. The number of nitrogens with one attached hydrogen (secondary N) is 2. The lowest BCUT2D eigenvalue weighted by molar-refractivity contribution is -0.145. The number of ether oxygens (including phenoxy) is 2. The van der Waals surface area contributed by atoms with Gasteiger partial charge in [-0.05, 0) is 24.0 Å². The molecule has 2 N–H and O–H groups in total. The van der Waals surface area contributed by atoms with Crippen LogP contribution in [-0.2, 0) is 28.7 Å². The van der Waals surface area contributed by atoms with Gasteiger partial charge in [0.05, 0.1) is 12.1 Å². The summed E-state index contributed by atoms with van der Waals surface area (Å²) < 4.78 is 9.80. The number of hydrogen-bond donors (Lipinski definition) is 2. The Bertz CT molecular complexity index is 926. The summed E-state index contributed by atoms with van der Waals surface area (Å²) in [5.41, 5.74) is 1.94. The van der Waals surface area contributed by atoms with E-state index < -0.39 is 37.0 Å². The lowest BCUT2D eigenvalue weighted by atomic mass is 10.0. The van der Waals surface area contributed by atoms with Crippen LogP contribution in [0.25, 0.3) is 0 Å². The Hall–Kier alpha value is -3.94. The summed E-state index contributed by atoms with van der Waals surface area (Å²) in [7, 11) is 0. The van der Waals surface area contributed by atoms with Gasteiger partial charge in [-0.2, -0.15) is 0 Å². The zero-order chi connectivity index (χ0) is 26.2. The van der Waals surface area contributed by atoms with Crippen molar-refractivity contribution in [1.29, 1.82) is 0 Å². The average Bonchev–Trinajstić information content (AvgIpc) is 2.90. The second-order valence-corrected chi connectivity index (χ2v) is 8.19. The van der Waals surface area contributed by atoms with Crippen molar-refractivity contribution in [3.05, 3.63) is 83.9 Å². The molecule has 8 heteroatoms. The molecular formula is C28H34N2O6. The Balaban J connectivity index is 1.73. The topological polar surface area (TPSA) is 111 Å². The van der Waals surface area contributed by atoms with Crippen LogP contribution in [0.2, 0.25) is 0 Å². The largest absolute Gasteiger partial charge is 0.452 e. The molecular weight excluding hydrogens is 460 g/mol. The molecule has 0 saturated carbocycles. The molecule has 0 bridgehead atoms. The number of hydrogen-bond acceptors (Lipinski definition) is 6. The first-order chi connectivity index (χ1) is 17.4. The molecule has 0 radical (unpaired) electrons. The highest BCUT2D eigenvalue weighted by Crippen LogP contribution is 2.18. The first-order valence-electron chi connectivity index (χ1n) is 12.1.